The number of hydrogen-bond donors (Lipinski definition) is 1. The maximum Gasteiger partial charge on any atom is 0.224 e. The van der Waals surface area contributed by atoms with Crippen molar-refractivity contribution in [3.8, 4) is 0 Å². The quantitative estimate of drug-likeness (QED) is 0.793. The Hall–Kier alpha value is -2.96. The summed E-state index contributed by atoms with van der Waals surface area (Å²) in [6.07, 6.45) is 1.91. The Morgan fingerprint density at radius 1 is 1.16 bits per heavy atom. The van der Waals surface area contributed by atoms with E-state index in [1.54, 1.807) is 12.1 Å². The first-order valence-electron chi connectivity index (χ1n) is 8.19. The van der Waals surface area contributed by atoms with Crippen LogP contribution in [0.4, 0.5) is 16.2 Å². The molecule has 0 amide bonds. The highest BCUT2D eigenvalue weighted by atomic mass is 19.1. The molecule has 0 saturated heterocycles. The predicted molar refractivity (Wildman–Crippen MR) is 93.9 cm³/mol. The van der Waals surface area contributed by atoms with Gasteiger partial charge < -0.3 is 10.2 Å². The number of hydrogen-bond acceptors (Lipinski definition) is 5. The summed E-state index contributed by atoms with van der Waals surface area (Å²) < 4.78 is 15.1. The molecule has 0 bridgehead atoms. The number of aryl methyl sites for hydroxylation is 1. The first-order valence-corrected chi connectivity index (χ1v) is 8.19. The van der Waals surface area contributed by atoms with E-state index in [4.69, 9.17) is 0 Å². The highest BCUT2D eigenvalue weighted by molar-refractivity contribution is 5.48. The van der Waals surface area contributed by atoms with Gasteiger partial charge in [0.05, 0.1) is 25.0 Å². The van der Waals surface area contributed by atoms with Gasteiger partial charge in [-0.1, -0.05) is 12.1 Å². The number of aromatic nitrogens is 4. The lowest BCUT2D eigenvalue weighted by Crippen LogP contribution is -2.19. The molecule has 3 aromatic rings. The minimum atomic E-state index is -0.222. The fourth-order valence-corrected chi connectivity index (χ4v) is 3.09. The first kappa shape index (κ1) is 15.6. The SMILES string of the molecule is CNc1nc(C)cc(N2Cc3cnn(Cc4ccc(F)cc4)c3C2)n1. The summed E-state index contributed by atoms with van der Waals surface area (Å²) in [7, 11) is 1.82. The van der Waals surface area contributed by atoms with Crippen molar-refractivity contribution in [1.29, 1.82) is 0 Å². The van der Waals surface area contributed by atoms with Gasteiger partial charge in [-0.15, -0.1) is 0 Å². The highest BCUT2D eigenvalue weighted by Gasteiger charge is 2.25. The van der Waals surface area contributed by atoms with Gasteiger partial charge in [0.25, 0.3) is 0 Å². The fourth-order valence-electron chi connectivity index (χ4n) is 3.09. The second-order valence-corrected chi connectivity index (χ2v) is 6.20. The van der Waals surface area contributed by atoms with Crippen molar-refractivity contribution in [2.45, 2.75) is 26.6 Å². The lowest BCUT2D eigenvalue weighted by atomic mass is 10.2. The van der Waals surface area contributed by atoms with Crippen LogP contribution in [-0.2, 0) is 19.6 Å². The molecule has 128 valence electrons. The molecular formula is C18H19FN6. The van der Waals surface area contributed by atoms with Crippen LogP contribution in [0, 0.1) is 12.7 Å². The van der Waals surface area contributed by atoms with E-state index >= 15 is 0 Å². The Labute approximate surface area is 145 Å². The standard InChI is InChI=1S/C18H19FN6/c1-12-7-17(23-18(20-2)22-12)24-10-14-8-21-25(16(14)11-24)9-13-3-5-15(19)6-4-13/h3-8H,9-11H2,1-2H3,(H,20,22,23). The molecule has 25 heavy (non-hydrogen) atoms. The van der Waals surface area contributed by atoms with E-state index in [-0.39, 0.29) is 5.82 Å². The van der Waals surface area contributed by atoms with Gasteiger partial charge in [0.2, 0.25) is 5.95 Å². The molecule has 3 heterocycles. The van der Waals surface area contributed by atoms with E-state index in [2.05, 4.69) is 25.3 Å². The molecule has 6 nitrogen and oxygen atoms in total. The second kappa shape index (κ2) is 6.16. The molecule has 1 aliphatic rings. The monoisotopic (exact) mass is 338 g/mol. The van der Waals surface area contributed by atoms with Gasteiger partial charge in [0.1, 0.15) is 11.6 Å². The maximum absolute atomic E-state index is 13.1. The molecule has 0 fully saturated rings. The highest BCUT2D eigenvalue weighted by Crippen LogP contribution is 2.28. The van der Waals surface area contributed by atoms with Crippen LogP contribution in [0.25, 0.3) is 0 Å². The van der Waals surface area contributed by atoms with Crippen LogP contribution in [0.5, 0.6) is 0 Å². The zero-order valence-electron chi connectivity index (χ0n) is 14.2. The van der Waals surface area contributed by atoms with E-state index < -0.39 is 0 Å². The largest absolute Gasteiger partial charge is 0.357 e. The van der Waals surface area contributed by atoms with Crippen LogP contribution in [0.3, 0.4) is 0 Å². The van der Waals surface area contributed by atoms with E-state index in [0.717, 1.165) is 30.2 Å². The summed E-state index contributed by atoms with van der Waals surface area (Å²) >= 11 is 0. The maximum atomic E-state index is 13.1. The van der Waals surface area contributed by atoms with Crippen LogP contribution < -0.4 is 10.2 Å². The van der Waals surface area contributed by atoms with Crippen molar-refractivity contribution >= 4 is 11.8 Å². The van der Waals surface area contributed by atoms with Gasteiger partial charge in [0, 0.05) is 30.9 Å². The number of anilines is 2. The average molecular weight is 338 g/mol. The molecule has 7 heteroatoms. The van der Waals surface area contributed by atoms with Crippen molar-refractivity contribution in [3.05, 3.63) is 64.9 Å². The molecule has 0 atom stereocenters. The third-order valence-electron chi connectivity index (χ3n) is 4.37. The van der Waals surface area contributed by atoms with Gasteiger partial charge in [-0.3, -0.25) is 4.68 Å². The Bertz CT molecular complexity index is 902. The number of benzene rings is 1. The van der Waals surface area contributed by atoms with E-state index in [1.807, 2.05) is 30.9 Å². The molecule has 2 aromatic heterocycles. The molecule has 0 aliphatic carbocycles. The lowest BCUT2D eigenvalue weighted by molar-refractivity contribution is 0.620. The zero-order valence-corrected chi connectivity index (χ0v) is 14.2. The average Bonchev–Trinajstić information content (AvgIpc) is 3.18. The topological polar surface area (TPSA) is 58.9 Å². The number of nitrogens with zero attached hydrogens (tertiary/aromatic N) is 5. The lowest BCUT2D eigenvalue weighted by Gasteiger charge is -2.18. The summed E-state index contributed by atoms with van der Waals surface area (Å²) in [5.41, 5.74) is 4.33. The minimum absolute atomic E-state index is 0.222. The molecule has 0 unspecified atom stereocenters. The molecular weight excluding hydrogens is 319 g/mol. The van der Waals surface area contributed by atoms with Crippen LogP contribution in [0.2, 0.25) is 0 Å². The van der Waals surface area contributed by atoms with Crippen molar-refractivity contribution < 1.29 is 4.39 Å². The Morgan fingerprint density at radius 3 is 2.72 bits per heavy atom. The van der Waals surface area contributed by atoms with E-state index in [9.17, 15) is 4.39 Å². The minimum Gasteiger partial charge on any atom is -0.357 e. The zero-order chi connectivity index (χ0) is 17.4. The van der Waals surface area contributed by atoms with Crippen molar-refractivity contribution in [2.24, 2.45) is 0 Å². The molecule has 1 N–H and O–H groups in total. The fraction of sp³-hybridized carbons (Fsp3) is 0.278. The summed E-state index contributed by atoms with van der Waals surface area (Å²) in [5.74, 6) is 1.31. The van der Waals surface area contributed by atoms with Gasteiger partial charge >= 0.3 is 0 Å². The van der Waals surface area contributed by atoms with Crippen molar-refractivity contribution in [2.75, 3.05) is 17.3 Å². The van der Waals surface area contributed by atoms with Crippen molar-refractivity contribution in [3.63, 3.8) is 0 Å². The number of fused-ring (bicyclic) bond motifs is 1. The Morgan fingerprint density at radius 2 is 1.96 bits per heavy atom. The molecule has 0 radical (unpaired) electrons. The van der Waals surface area contributed by atoms with Gasteiger partial charge in [-0.25, -0.2) is 9.37 Å². The van der Waals surface area contributed by atoms with E-state index in [0.29, 0.717) is 12.5 Å². The predicted octanol–water partition coefficient (Wildman–Crippen LogP) is 2.73. The van der Waals surface area contributed by atoms with Gasteiger partial charge in [0.15, 0.2) is 0 Å². The summed E-state index contributed by atoms with van der Waals surface area (Å²) in [6.45, 7) is 4.12. The van der Waals surface area contributed by atoms with Crippen LogP contribution in [-0.4, -0.2) is 26.8 Å². The third-order valence-corrected chi connectivity index (χ3v) is 4.37. The van der Waals surface area contributed by atoms with Gasteiger partial charge in [-0.2, -0.15) is 10.1 Å². The Kier molecular flexibility index (Phi) is 3.83. The van der Waals surface area contributed by atoms with Gasteiger partial charge in [-0.05, 0) is 24.6 Å². The third kappa shape index (κ3) is 3.05. The number of nitrogens with one attached hydrogen (secondary N) is 1. The molecule has 1 aliphatic heterocycles. The smallest absolute Gasteiger partial charge is 0.224 e. The second-order valence-electron chi connectivity index (χ2n) is 6.20. The van der Waals surface area contributed by atoms with Crippen LogP contribution >= 0.6 is 0 Å². The molecule has 4 rings (SSSR count). The molecule has 0 spiro atoms. The summed E-state index contributed by atoms with van der Waals surface area (Å²) in [4.78, 5) is 11.1. The first-order chi connectivity index (χ1) is 12.1. The normalized spacial score (nSPS) is 13.2. The summed E-state index contributed by atoms with van der Waals surface area (Å²) in [6, 6.07) is 8.54. The molecule has 1 aromatic carbocycles. The molecule has 0 saturated carbocycles. The van der Waals surface area contributed by atoms with Crippen LogP contribution in [0.1, 0.15) is 22.5 Å². The number of halogens is 1. The summed E-state index contributed by atoms with van der Waals surface area (Å²) in [5, 5.41) is 7.48. The Balaban J connectivity index is 1.56. The number of rotatable bonds is 4. The van der Waals surface area contributed by atoms with Crippen molar-refractivity contribution in [1.82, 2.24) is 19.7 Å². The van der Waals surface area contributed by atoms with Crippen LogP contribution in [0.15, 0.2) is 36.5 Å². The van der Waals surface area contributed by atoms with E-state index in [1.165, 1.54) is 23.4 Å².